The third kappa shape index (κ3) is 4.90. The lowest BCUT2D eigenvalue weighted by molar-refractivity contribution is -0.138. The number of amides is 2. The van der Waals surface area contributed by atoms with E-state index in [-0.39, 0.29) is 24.3 Å². The van der Waals surface area contributed by atoms with Crippen molar-refractivity contribution >= 4 is 11.8 Å². The van der Waals surface area contributed by atoms with Crippen LogP contribution in [0.25, 0.3) is 0 Å². The van der Waals surface area contributed by atoms with Gasteiger partial charge in [0.15, 0.2) is 0 Å². The molecule has 0 unspecified atom stereocenters. The number of likely N-dealkylation sites (tertiary alicyclic amines) is 1. The van der Waals surface area contributed by atoms with E-state index in [1.165, 1.54) is 11.8 Å². The van der Waals surface area contributed by atoms with Crippen molar-refractivity contribution in [2.45, 2.75) is 51.1 Å². The molecular formula is C26H29N3O3. The Morgan fingerprint density at radius 1 is 1.03 bits per heavy atom. The Labute approximate surface area is 188 Å². The summed E-state index contributed by atoms with van der Waals surface area (Å²) in [7, 11) is 0. The van der Waals surface area contributed by atoms with Crippen LogP contribution in [0.4, 0.5) is 0 Å². The fourth-order valence-corrected chi connectivity index (χ4v) is 4.24. The third-order valence-corrected chi connectivity index (χ3v) is 6.06. The van der Waals surface area contributed by atoms with E-state index in [4.69, 9.17) is 4.52 Å². The van der Waals surface area contributed by atoms with Gasteiger partial charge in [0.1, 0.15) is 12.3 Å². The highest BCUT2D eigenvalue weighted by atomic mass is 16.5. The van der Waals surface area contributed by atoms with E-state index >= 15 is 0 Å². The normalized spacial score (nSPS) is 16.8. The van der Waals surface area contributed by atoms with Crippen LogP contribution in [-0.4, -0.2) is 34.5 Å². The van der Waals surface area contributed by atoms with E-state index in [9.17, 15) is 9.59 Å². The molecule has 32 heavy (non-hydrogen) atoms. The fourth-order valence-electron chi connectivity index (χ4n) is 4.24. The Balaban J connectivity index is 1.53. The summed E-state index contributed by atoms with van der Waals surface area (Å²) >= 11 is 0. The zero-order valence-corrected chi connectivity index (χ0v) is 18.5. The predicted molar refractivity (Wildman–Crippen MR) is 122 cm³/mol. The topological polar surface area (TPSA) is 75.4 Å². The second kappa shape index (κ2) is 9.81. The summed E-state index contributed by atoms with van der Waals surface area (Å²) in [6.07, 6.45) is 3.05. The number of hydrogen-bond acceptors (Lipinski definition) is 4. The van der Waals surface area contributed by atoms with Crippen molar-refractivity contribution in [1.29, 1.82) is 0 Å². The van der Waals surface area contributed by atoms with Gasteiger partial charge in [-0.05, 0) is 35.4 Å². The third-order valence-electron chi connectivity index (χ3n) is 6.06. The number of aromatic nitrogens is 1. The van der Waals surface area contributed by atoms with Gasteiger partial charge in [-0.25, -0.2) is 0 Å². The summed E-state index contributed by atoms with van der Waals surface area (Å²) in [6, 6.07) is 19.3. The SMILES string of the molecule is CC(C)c1ccc([C@@H](NC(=O)[C@@H]2CCCN2C(=O)Cc2ccon2)c2ccccc2)cc1. The molecule has 1 aromatic heterocycles. The van der Waals surface area contributed by atoms with Crippen LogP contribution >= 0.6 is 0 Å². The lowest BCUT2D eigenvalue weighted by Crippen LogP contribution is -2.47. The van der Waals surface area contributed by atoms with Crippen LogP contribution in [0.15, 0.2) is 71.4 Å². The van der Waals surface area contributed by atoms with E-state index in [1.54, 1.807) is 11.0 Å². The second-order valence-corrected chi connectivity index (χ2v) is 8.59. The average molecular weight is 432 g/mol. The molecule has 1 saturated heterocycles. The van der Waals surface area contributed by atoms with Gasteiger partial charge in [0.25, 0.3) is 0 Å². The van der Waals surface area contributed by atoms with Gasteiger partial charge in [-0.15, -0.1) is 0 Å². The van der Waals surface area contributed by atoms with Crippen LogP contribution in [0.2, 0.25) is 0 Å². The standard InChI is InChI=1S/C26H29N3O3/c1-18(2)19-10-12-21(13-11-19)25(20-7-4-3-5-8-20)27-26(31)23-9-6-15-29(23)24(30)17-22-14-16-32-28-22/h3-5,7-8,10-14,16,18,23,25H,6,9,15,17H2,1-2H3,(H,27,31)/t23-,25-/m0/s1. The lowest BCUT2D eigenvalue weighted by atomic mass is 9.95. The summed E-state index contributed by atoms with van der Waals surface area (Å²) in [5, 5.41) is 7.04. The van der Waals surface area contributed by atoms with Gasteiger partial charge in [-0.2, -0.15) is 0 Å². The molecule has 6 heteroatoms. The van der Waals surface area contributed by atoms with Crippen LogP contribution in [0, 0.1) is 0 Å². The maximum Gasteiger partial charge on any atom is 0.243 e. The molecule has 1 N–H and O–H groups in total. The summed E-state index contributed by atoms with van der Waals surface area (Å²) in [5.41, 5.74) is 3.87. The highest BCUT2D eigenvalue weighted by Gasteiger charge is 2.35. The van der Waals surface area contributed by atoms with Crippen LogP contribution in [-0.2, 0) is 16.0 Å². The van der Waals surface area contributed by atoms with Crippen LogP contribution in [0.5, 0.6) is 0 Å². The van der Waals surface area contributed by atoms with Crippen molar-refractivity contribution in [3.8, 4) is 0 Å². The fraction of sp³-hybridized carbons (Fsp3) is 0.346. The summed E-state index contributed by atoms with van der Waals surface area (Å²) in [4.78, 5) is 27.8. The first-order chi connectivity index (χ1) is 15.5. The van der Waals surface area contributed by atoms with Gasteiger partial charge in [0.05, 0.1) is 18.2 Å². The molecule has 0 spiro atoms. The van der Waals surface area contributed by atoms with Crippen molar-refractivity contribution in [2.24, 2.45) is 0 Å². The largest absolute Gasteiger partial charge is 0.364 e. The highest BCUT2D eigenvalue weighted by Crippen LogP contribution is 2.26. The van der Waals surface area contributed by atoms with Crippen LogP contribution < -0.4 is 5.32 Å². The number of carbonyl (C=O) groups is 2. The minimum atomic E-state index is -0.476. The maximum atomic E-state index is 13.4. The Hall–Kier alpha value is -3.41. The van der Waals surface area contributed by atoms with Crippen LogP contribution in [0.1, 0.15) is 61.0 Å². The van der Waals surface area contributed by atoms with Crippen molar-refractivity contribution in [2.75, 3.05) is 6.54 Å². The number of carbonyl (C=O) groups excluding carboxylic acids is 2. The molecule has 0 bridgehead atoms. The molecule has 0 radical (unpaired) electrons. The quantitative estimate of drug-likeness (QED) is 0.607. The molecule has 1 aliphatic heterocycles. The molecule has 2 amide bonds. The molecule has 2 heterocycles. The van der Waals surface area contributed by atoms with Crippen molar-refractivity contribution < 1.29 is 14.1 Å². The minimum absolute atomic E-state index is 0.103. The predicted octanol–water partition coefficient (Wildman–Crippen LogP) is 4.24. The van der Waals surface area contributed by atoms with E-state index in [0.717, 1.165) is 17.5 Å². The van der Waals surface area contributed by atoms with Gasteiger partial charge in [0, 0.05) is 12.6 Å². The van der Waals surface area contributed by atoms with Crippen LogP contribution in [0.3, 0.4) is 0 Å². The Bertz CT molecular complexity index is 1030. The van der Waals surface area contributed by atoms with E-state index in [1.807, 2.05) is 30.3 Å². The van der Waals surface area contributed by atoms with E-state index in [2.05, 4.69) is 48.6 Å². The number of nitrogens with zero attached hydrogens (tertiary/aromatic N) is 2. The number of nitrogens with one attached hydrogen (secondary N) is 1. The molecule has 166 valence electrons. The minimum Gasteiger partial charge on any atom is -0.364 e. The number of benzene rings is 2. The number of rotatable bonds is 7. The van der Waals surface area contributed by atoms with Gasteiger partial charge >= 0.3 is 0 Å². The first-order valence-corrected chi connectivity index (χ1v) is 11.2. The summed E-state index contributed by atoms with van der Waals surface area (Å²) in [6.45, 7) is 4.90. The Morgan fingerprint density at radius 2 is 1.72 bits per heavy atom. The Kier molecular flexibility index (Phi) is 6.69. The molecule has 2 atom stereocenters. The molecule has 1 aliphatic rings. The van der Waals surface area contributed by atoms with Gasteiger partial charge in [-0.3, -0.25) is 9.59 Å². The van der Waals surface area contributed by atoms with Gasteiger partial charge < -0.3 is 14.7 Å². The zero-order valence-electron chi connectivity index (χ0n) is 18.5. The summed E-state index contributed by atoms with van der Waals surface area (Å²) in [5.74, 6) is 0.212. The highest BCUT2D eigenvalue weighted by molar-refractivity contribution is 5.89. The average Bonchev–Trinajstić information content (AvgIpc) is 3.50. The molecule has 0 saturated carbocycles. The zero-order chi connectivity index (χ0) is 22.5. The molecule has 1 fully saturated rings. The van der Waals surface area contributed by atoms with Crippen molar-refractivity contribution in [3.05, 3.63) is 89.3 Å². The molecule has 4 rings (SSSR count). The van der Waals surface area contributed by atoms with Crippen molar-refractivity contribution in [1.82, 2.24) is 15.4 Å². The number of hydrogen-bond donors (Lipinski definition) is 1. The molecule has 6 nitrogen and oxygen atoms in total. The first-order valence-electron chi connectivity index (χ1n) is 11.2. The smallest absolute Gasteiger partial charge is 0.243 e. The molecular weight excluding hydrogens is 402 g/mol. The summed E-state index contributed by atoms with van der Waals surface area (Å²) < 4.78 is 4.83. The van der Waals surface area contributed by atoms with Gasteiger partial charge in [0.2, 0.25) is 11.8 Å². The molecule has 0 aliphatic carbocycles. The molecule has 3 aromatic rings. The van der Waals surface area contributed by atoms with Gasteiger partial charge in [-0.1, -0.05) is 73.6 Å². The first kappa shape index (κ1) is 21.8. The maximum absolute atomic E-state index is 13.4. The Morgan fingerprint density at radius 3 is 2.38 bits per heavy atom. The molecule has 2 aromatic carbocycles. The van der Waals surface area contributed by atoms with E-state index < -0.39 is 6.04 Å². The van der Waals surface area contributed by atoms with E-state index in [0.29, 0.717) is 24.6 Å². The second-order valence-electron chi connectivity index (χ2n) is 8.59. The monoisotopic (exact) mass is 431 g/mol. The lowest BCUT2D eigenvalue weighted by Gasteiger charge is -2.27. The van der Waals surface area contributed by atoms with Crippen molar-refractivity contribution in [3.63, 3.8) is 0 Å².